The van der Waals surface area contributed by atoms with Crippen LogP contribution in [-0.2, 0) is 16.3 Å². The summed E-state index contributed by atoms with van der Waals surface area (Å²) >= 11 is 1.57. The summed E-state index contributed by atoms with van der Waals surface area (Å²) in [5, 5.41) is 1.95. The zero-order valence-corrected chi connectivity index (χ0v) is 11.7. The van der Waals surface area contributed by atoms with Crippen LogP contribution in [0.4, 0.5) is 5.69 Å². The van der Waals surface area contributed by atoms with E-state index in [2.05, 4.69) is 0 Å². The molecule has 0 saturated heterocycles. The van der Waals surface area contributed by atoms with Gasteiger partial charge >= 0.3 is 0 Å². The molecule has 2 N–H and O–H groups in total. The quantitative estimate of drug-likeness (QED) is 0.876. The first kappa shape index (κ1) is 13.1. The van der Waals surface area contributed by atoms with Gasteiger partial charge in [0.15, 0.2) is 9.84 Å². The molecule has 2 aromatic rings. The number of rotatable bonds is 4. The number of aryl methyl sites for hydroxylation is 2. The Labute approximate surface area is 111 Å². The lowest BCUT2D eigenvalue weighted by atomic mass is 10.2. The van der Waals surface area contributed by atoms with Crippen LogP contribution in [-0.4, -0.2) is 14.2 Å². The van der Waals surface area contributed by atoms with E-state index in [1.165, 1.54) is 0 Å². The molecule has 1 aromatic carbocycles. The molecule has 0 saturated carbocycles. The molecule has 96 valence electrons. The molecule has 0 radical (unpaired) electrons. The second kappa shape index (κ2) is 5.12. The highest BCUT2D eigenvalue weighted by atomic mass is 32.2. The fraction of sp³-hybridized carbons (Fsp3) is 0.231. The minimum absolute atomic E-state index is 0.0980. The number of anilines is 1. The van der Waals surface area contributed by atoms with Crippen molar-refractivity contribution in [3.05, 3.63) is 46.2 Å². The van der Waals surface area contributed by atoms with Gasteiger partial charge in [0.05, 0.1) is 16.3 Å². The summed E-state index contributed by atoms with van der Waals surface area (Å²) in [6, 6.07) is 8.92. The minimum Gasteiger partial charge on any atom is -0.398 e. The third-order valence-electron chi connectivity index (χ3n) is 2.70. The lowest BCUT2D eigenvalue weighted by molar-refractivity contribution is 0.596. The van der Waals surface area contributed by atoms with E-state index in [0.29, 0.717) is 12.1 Å². The molecule has 5 heteroatoms. The van der Waals surface area contributed by atoms with Gasteiger partial charge in [-0.3, -0.25) is 0 Å². The van der Waals surface area contributed by atoms with Gasteiger partial charge in [0.2, 0.25) is 0 Å². The second-order valence-electron chi connectivity index (χ2n) is 4.19. The van der Waals surface area contributed by atoms with Crippen molar-refractivity contribution in [3.8, 4) is 0 Å². The predicted octanol–water partition coefficient (Wildman–Crippen LogP) is 2.66. The summed E-state index contributed by atoms with van der Waals surface area (Å²) in [6.45, 7) is 1.89. The molecule has 1 aromatic heterocycles. The smallest absolute Gasteiger partial charge is 0.180 e. The average Bonchev–Trinajstić information content (AvgIpc) is 2.78. The Balaban J connectivity index is 2.20. The Morgan fingerprint density at radius 3 is 2.67 bits per heavy atom. The molecule has 2 rings (SSSR count). The number of thiophene rings is 1. The minimum atomic E-state index is -3.30. The predicted molar refractivity (Wildman–Crippen MR) is 75.7 cm³/mol. The van der Waals surface area contributed by atoms with E-state index in [4.69, 9.17) is 5.73 Å². The van der Waals surface area contributed by atoms with E-state index < -0.39 is 9.84 Å². The monoisotopic (exact) mass is 281 g/mol. The van der Waals surface area contributed by atoms with Crippen LogP contribution in [0, 0.1) is 6.92 Å². The number of sulfone groups is 1. The third kappa shape index (κ3) is 2.91. The highest BCUT2D eigenvalue weighted by molar-refractivity contribution is 7.91. The Kier molecular flexibility index (Phi) is 3.73. The van der Waals surface area contributed by atoms with Crippen molar-refractivity contribution in [2.75, 3.05) is 11.5 Å². The van der Waals surface area contributed by atoms with Crippen LogP contribution < -0.4 is 5.73 Å². The van der Waals surface area contributed by atoms with Crippen LogP contribution in [0.15, 0.2) is 40.6 Å². The van der Waals surface area contributed by atoms with E-state index in [1.54, 1.807) is 29.5 Å². The average molecular weight is 281 g/mol. The molecular formula is C13H15NO2S2. The Hall–Kier alpha value is -1.33. The van der Waals surface area contributed by atoms with Crippen LogP contribution in [0.5, 0.6) is 0 Å². The molecule has 0 aliphatic heterocycles. The van der Waals surface area contributed by atoms with Gasteiger partial charge in [-0.15, -0.1) is 11.3 Å². The van der Waals surface area contributed by atoms with Gasteiger partial charge in [-0.25, -0.2) is 8.42 Å². The van der Waals surface area contributed by atoms with Crippen molar-refractivity contribution in [1.29, 1.82) is 0 Å². The van der Waals surface area contributed by atoms with Gasteiger partial charge < -0.3 is 5.73 Å². The summed E-state index contributed by atoms with van der Waals surface area (Å²) in [5.41, 5.74) is 7.08. The maximum atomic E-state index is 12.2. The van der Waals surface area contributed by atoms with E-state index in [1.807, 2.05) is 24.4 Å². The van der Waals surface area contributed by atoms with Crippen LogP contribution in [0.25, 0.3) is 0 Å². The molecule has 0 amide bonds. The Morgan fingerprint density at radius 2 is 2.06 bits per heavy atom. The maximum absolute atomic E-state index is 12.2. The fourth-order valence-corrected chi connectivity index (χ4v) is 3.99. The maximum Gasteiger partial charge on any atom is 0.180 e. The first-order valence-corrected chi connectivity index (χ1v) is 8.13. The number of nitrogen functional groups attached to an aromatic ring is 1. The summed E-state index contributed by atoms with van der Waals surface area (Å²) in [7, 11) is -3.30. The Morgan fingerprint density at radius 1 is 1.28 bits per heavy atom. The molecule has 0 spiro atoms. The first-order chi connectivity index (χ1) is 8.49. The van der Waals surface area contributed by atoms with Crippen molar-refractivity contribution in [3.63, 3.8) is 0 Å². The molecule has 0 unspecified atom stereocenters. The standard InChI is InChI=1S/C13H15NO2S2/c1-10-4-5-13(12(14)9-10)18(15,16)8-6-11-3-2-7-17-11/h2-5,7,9H,6,8,14H2,1H3. The molecular weight excluding hydrogens is 266 g/mol. The van der Waals surface area contributed by atoms with Crippen molar-refractivity contribution >= 4 is 26.9 Å². The van der Waals surface area contributed by atoms with Crippen molar-refractivity contribution < 1.29 is 8.42 Å². The highest BCUT2D eigenvalue weighted by Crippen LogP contribution is 2.22. The Bertz CT molecular complexity index is 631. The molecule has 18 heavy (non-hydrogen) atoms. The van der Waals surface area contributed by atoms with Crippen molar-refractivity contribution in [1.82, 2.24) is 0 Å². The molecule has 1 heterocycles. The fourth-order valence-electron chi connectivity index (χ4n) is 1.75. The number of hydrogen-bond donors (Lipinski definition) is 1. The normalized spacial score (nSPS) is 11.6. The topological polar surface area (TPSA) is 60.2 Å². The molecule has 0 atom stereocenters. The molecule has 3 nitrogen and oxygen atoms in total. The van der Waals surface area contributed by atoms with Crippen LogP contribution in [0.3, 0.4) is 0 Å². The third-order valence-corrected chi connectivity index (χ3v) is 5.42. The van der Waals surface area contributed by atoms with Gasteiger partial charge in [0.25, 0.3) is 0 Å². The molecule has 0 fully saturated rings. The summed E-state index contributed by atoms with van der Waals surface area (Å²) in [5.74, 6) is 0.0980. The highest BCUT2D eigenvalue weighted by Gasteiger charge is 2.17. The van der Waals surface area contributed by atoms with Gasteiger partial charge in [-0.05, 0) is 42.5 Å². The van der Waals surface area contributed by atoms with Gasteiger partial charge in [-0.1, -0.05) is 12.1 Å². The SMILES string of the molecule is Cc1ccc(S(=O)(=O)CCc2cccs2)c(N)c1. The van der Waals surface area contributed by atoms with Gasteiger partial charge in [0, 0.05) is 4.88 Å². The summed E-state index contributed by atoms with van der Waals surface area (Å²) < 4.78 is 24.4. The largest absolute Gasteiger partial charge is 0.398 e. The lowest BCUT2D eigenvalue weighted by Gasteiger charge is -2.07. The van der Waals surface area contributed by atoms with Crippen LogP contribution in [0.2, 0.25) is 0 Å². The number of nitrogens with two attached hydrogens (primary N) is 1. The van der Waals surface area contributed by atoms with Crippen molar-refractivity contribution in [2.24, 2.45) is 0 Å². The summed E-state index contributed by atoms with van der Waals surface area (Å²) in [4.78, 5) is 1.31. The van der Waals surface area contributed by atoms with Crippen LogP contribution in [0.1, 0.15) is 10.4 Å². The van der Waals surface area contributed by atoms with Crippen LogP contribution >= 0.6 is 11.3 Å². The van der Waals surface area contributed by atoms with E-state index in [-0.39, 0.29) is 10.6 Å². The van der Waals surface area contributed by atoms with Crippen molar-refractivity contribution in [2.45, 2.75) is 18.2 Å². The zero-order chi connectivity index (χ0) is 13.2. The molecule has 0 aliphatic rings. The molecule has 0 aliphatic carbocycles. The van der Waals surface area contributed by atoms with Gasteiger partial charge in [-0.2, -0.15) is 0 Å². The van der Waals surface area contributed by atoms with E-state index >= 15 is 0 Å². The number of benzene rings is 1. The lowest BCUT2D eigenvalue weighted by Crippen LogP contribution is -2.11. The summed E-state index contributed by atoms with van der Waals surface area (Å²) in [6.07, 6.45) is 0.535. The van der Waals surface area contributed by atoms with Gasteiger partial charge in [0.1, 0.15) is 0 Å². The zero-order valence-electron chi connectivity index (χ0n) is 10.1. The number of hydrogen-bond acceptors (Lipinski definition) is 4. The molecule has 0 bridgehead atoms. The second-order valence-corrected chi connectivity index (χ2v) is 7.30. The van der Waals surface area contributed by atoms with E-state index in [9.17, 15) is 8.42 Å². The van der Waals surface area contributed by atoms with E-state index in [0.717, 1.165) is 10.4 Å². The first-order valence-electron chi connectivity index (χ1n) is 5.60.